The maximum atomic E-state index is 9.65. The first-order valence-electron chi connectivity index (χ1n) is 1.94. The Labute approximate surface area is 40.3 Å². The maximum absolute atomic E-state index is 9.65. The monoisotopic (exact) mass is 100 g/mol. The van der Waals surface area contributed by atoms with E-state index in [9.17, 15) is 9.59 Å². The first-order valence-corrected chi connectivity index (χ1v) is 1.94. The van der Waals surface area contributed by atoms with E-state index in [2.05, 4.69) is 4.74 Å². The molecule has 0 amide bonds. The second kappa shape index (κ2) is 1.42. The van der Waals surface area contributed by atoms with Crippen molar-refractivity contribution in [2.24, 2.45) is 0 Å². The number of ether oxygens (including phenoxy) is 1. The van der Waals surface area contributed by atoms with Crippen LogP contribution in [-0.2, 0) is 14.3 Å². The lowest BCUT2D eigenvalue weighted by Crippen LogP contribution is -1.93. The summed E-state index contributed by atoms with van der Waals surface area (Å²) in [6, 6.07) is 0. The Balaban J connectivity index is 2.30. The van der Waals surface area contributed by atoms with Crippen LogP contribution in [0.3, 0.4) is 0 Å². The molecule has 0 N–H and O–H groups in total. The van der Waals surface area contributed by atoms with Gasteiger partial charge >= 0.3 is 0 Å². The number of epoxide rings is 1. The van der Waals surface area contributed by atoms with Gasteiger partial charge in [0, 0.05) is 0 Å². The SMILES string of the molecule is O=C[C@H]1O[C@@H]1C=O. The molecule has 0 spiro atoms. The molecular weight excluding hydrogens is 96.0 g/mol. The normalized spacial score (nSPS) is 37.1. The fourth-order valence-corrected chi connectivity index (χ4v) is 0.355. The molecule has 2 atom stereocenters. The van der Waals surface area contributed by atoms with Gasteiger partial charge in [0.2, 0.25) is 0 Å². The van der Waals surface area contributed by atoms with Crippen molar-refractivity contribution in [3.8, 4) is 0 Å². The highest BCUT2D eigenvalue weighted by molar-refractivity contribution is 5.73. The van der Waals surface area contributed by atoms with Gasteiger partial charge < -0.3 is 14.3 Å². The van der Waals surface area contributed by atoms with Crippen LogP contribution in [-0.4, -0.2) is 24.8 Å². The molecule has 1 rings (SSSR count). The topological polar surface area (TPSA) is 46.7 Å². The Bertz CT molecular complexity index is 87.1. The van der Waals surface area contributed by atoms with Crippen molar-refractivity contribution in [1.82, 2.24) is 0 Å². The van der Waals surface area contributed by atoms with E-state index in [4.69, 9.17) is 0 Å². The smallest absolute Gasteiger partial charge is 0.151 e. The third-order valence-electron chi connectivity index (χ3n) is 0.830. The van der Waals surface area contributed by atoms with Crippen LogP contribution in [0.2, 0.25) is 0 Å². The van der Waals surface area contributed by atoms with Crippen LogP contribution in [0, 0.1) is 0 Å². The minimum Gasteiger partial charge on any atom is -0.354 e. The number of rotatable bonds is 2. The quantitative estimate of drug-likeness (QED) is 0.335. The molecule has 0 aromatic heterocycles. The highest BCUT2D eigenvalue weighted by Crippen LogP contribution is 2.15. The standard InChI is InChI=1S/C4H4O3/c5-1-3-4(2-6)7-3/h1-4H/t3-,4-/m1/s1. The van der Waals surface area contributed by atoms with Crippen molar-refractivity contribution >= 4 is 12.6 Å². The van der Waals surface area contributed by atoms with Gasteiger partial charge in [-0.3, -0.25) is 0 Å². The Morgan fingerprint density at radius 2 is 1.57 bits per heavy atom. The van der Waals surface area contributed by atoms with Crippen molar-refractivity contribution < 1.29 is 14.3 Å². The first kappa shape index (κ1) is 4.46. The summed E-state index contributed by atoms with van der Waals surface area (Å²) in [6.45, 7) is 0. The summed E-state index contributed by atoms with van der Waals surface area (Å²) in [5.74, 6) is 0. The molecule has 0 aliphatic carbocycles. The van der Waals surface area contributed by atoms with Crippen LogP contribution in [0.1, 0.15) is 0 Å². The summed E-state index contributed by atoms with van der Waals surface area (Å²) in [4.78, 5) is 19.3. The third kappa shape index (κ3) is 0.667. The Kier molecular flexibility index (Phi) is 0.906. The lowest BCUT2D eigenvalue weighted by Gasteiger charge is -1.59. The molecular formula is C4H4O3. The maximum Gasteiger partial charge on any atom is 0.151 e. The molecule has 38 valence electrons. The minimum absolute atomic E-state index is 0.433. The van der Waals surface area contributed by atoms with Gasteiger partial charge in [-0.1, -0.05) is 0 Å². The Hall–Kier alpha value is -0.700. The zero-order chi connectivity index (χ0) is 5.28. The molecule has 0 saturated carbocycles. The number of carbonyl (C=O) groups excluding carboxylic acids is 2. The first-order chi connectivity index (χ1) is 3.38. The van der Waals surface area contributed by atoms with Crippen LogP contribution in [0.5, 0.6) is 0 Å². The van der Waals surface area contributed by atoms with Crippen molar-refractivity contribution in [2.75, 3.05) is 0 Å². The molecule has 0 bridgehead atoms. The molecule has 1 aliphatic heterocycles. The Morgan fingerprint density at radius 3 is 1.71 bits per heavy atom. The highest BCUT2D eigenvalue weighted by Gasteiger charge is 2.37. The molecule has 1 aliphatic rings. The van der Waals surface area contributed by atoms with Gasteiger partial charge in [-0.15, -0.1) is 0 Å². The second-order valence-corrected chi connectivity index (χ2v) is 1.34. The summed E-state index contributed by atoms with van der Waals surface area (Å²) in [6.07, 6.45) is 0.382. The van der Waals surface area contributed by atoms with Gasteiger partial charge in [0.05, 0.1) is 0 Å². The van der Waals surface area contributed by atoms with Gasteiger partial charge in [0.1, 0.15) is 12.2 Å². The van der Waals surface area contributed by atoms with Gasteiger partial charge in [0.15, 0.2) is 12.6 Å². The molecule has 1 heterocycles. The van der Waals surface area contributed by atoms with Crippen LogP contribution >= 0.6 is 0 Å². The molecule has 0 aromatic carbocycles. The fraction of sp³-hybridized carbons (Fsp3) is 0.500. The third-order valence-corrected chi connectivity index (χ3v) is 0.830. The minimum atomic E-state index is -0.433. The number of hydrogen-bond acceptors (Lipinski definition) is 3. The van der Waals surface area contributed by atoms with E-state index in [-0.39, 0.29) is 0 Å². The molecule has 0 unspecified atom stereocenters. The van der Waals surface area contributed by atoms with Crippen molar-refractivity contribution in [2.45, 2.75) is 12.2 Å². The van der Waals surface area contributed by atoms with Gasteiger partial charge in [-0.25, -0.2) is 0 Å². The summed E-state index contributed by atoms with van der Waals surface area (Å²) in [7, 11) is 0. The Morgan fingerprint density at radius 1 is 1.14 bits per heavy atom. The van der Waals surface area contributed by atoms with Crippen LogP contribution in [0.25, 0.3) is 0 Å². The number of hydrogen-bond donors (Lipinski definition) is 0. The van der Waals surface area contributed by atoms with Crippen molar-refractivity contribution in [3.05, 3.63) is 0 Å². The predicted octanol–water partition coefficient (Wildman–Crippen LogP) is -0.848. The lowest BCUT2D eigenvalue weighted by molar-refractivity contribution is -0.110. The van der Waals surface area contributed by atoms with Crippen LogP contribution < -0.4 is 0 Å². The van der Waals surface area contributed by atoms with E-state index in [1.54, 1.807) is 0 Å². The van der Waals surface area contributed by atoms with E-state index in [0.717, 1.165) is 0 Å². The average molecular weight is 100 g/mol. The molecule has 0 radical (unpaired) electrons. The van der Waals surface area contributed by atoms with E-state index in [1.165, 1.54) is 0 Å². The van der Waals surface area contributed by atoms with Gasteiger partial charge in [-0.2, -0.15) is 0 Å². The largest absolute Gasteiger partial charge is 0.354 e. The van der Waals surface area contributed by atoms with Crippen LogP contribution in [0.4, 0.5) is 0 Å². The van der Waals surface area contributed by atoms with E-state index in [0.29, 0.717) is 12.6 Å². The fourth-order valence-electron chi connectivity index (χ4n) is 0.355. The number of carbonyl (C=O) groups is 2. The van der Waals surface area contributed by atoms with Gasteiger partial charge in [-0.05, 0) is 0 Å². The molecule has 1 saturated heterocycles. The second-order valence-electron chi connectivity index (χ2n) is 1.34. The molecule has 1 fully saturated rings. The predicted molar refractivity (Wildman–Crippen MR) is 20.8 cm³/mol. The van der Waals surface area contributed by atoms with Crippen LogP contribution in [0.15, 0.2) is 0 Å². The van der Waals surface area contributed by atoms with Crippen molar-refractivity contribution in [1.29, 1.82) is 0 Å². The molecule has 7 heavy (non-hydrogen) atoms. The van der Waals surface area contributed by atoms with Crippen molar-refractivity contribution in [3.63, 3.8) is 0 Å². The zero-order valence-electron chi connectivity index (χ0n) is 3.53. The van der Waals surface area contributed by atoms with E-state index in [1.807, 2.05) is 0 Å². The molecule has 3 nitrogen and oxygen atoms in total. The number of aldehydes is 2. The van der Waals surface area contributed by atoms with E-state index < -0.39 is 12.2 Å². The van der Waals surface area contributed by atoms with E-state index >= 15 is 0 Å². The molecule has 3 heteroatoms. The highest BCUT2D eigenvalue weighted by atomic mass is 16.6. The lowest BCUT2D eigenvalue weighted by atomic mass is 10.4. The average Bonchev–Trinajstić information content (AvgIpc) is 2.43. The summed E-state index contributed by atoms with van der Waals surface area (Å²) in [5, 5.41) is 0. The summed E-state index contributed by atoms with van der Waals surface area (Å²) >= 11 is 0. The zero-order valence-corrected chi connectivity index (χ0v) is 3.53. The summed E-state index contributed by atoms with van der Waals surface area (Å²) < 4.78 is 4.48. The summed E-state index contributed by atoms with van der Waals surface area (Å²) in [5.41, 5.74) is 0. The van der Waals surface area contributed by atoms with Gasteiger partial charge in [0.25, 0.3) is 0 Å². The molecule has 0 aromatic rings.